The Morgan fingerprint density at radius 3 is 2.16 bits per heavy atom. The van der Waals surface area contributed by atoms with Crippen LogP contribution in [0.1, 0.15) is 51.4 Å². The molecule has 16 heteroatoms. The third-order valence-electron chi connectivity index (χ3n) is 5.70. The summed E-state index contributed by atoms with van der Waals surface area (Å²) in [5, 5.41) is 23.0. The molecule has 0 bridgehead atoms. The molecule has 208 valence electrons. The van der Waals surface area contributed by atoms with Crippen molar-refractivity contribution in [3.05, 3.63) is 0 Å². The van der Waals surface area contributed by atoms with Crippen LogP contribution >= 0.6 is 0 Å². The number of nitrogens with two attached hydrogens (primary N) is 4. The molecule has 0 aromatic carbocycles. The quantitative estimate of drug-likeness (QED) is 0.0553. The number of likely N-dealkylation sites (tertiary alicyclic amines) is 1. The molecule has 12 N–H and O–H groups in total. The van der Waals surface area contributed by atoms with E-state index in [1.165, 1.54) is 4.90 Å². The number of rotatable bonds is 16. The first-order valence-corrected chi connectivity index (χ1v) is 11.8. The molecule has 1 heterocycles. The number of guanidine groups is 1. The van der Waals surface area contributed by atoms with E-state index in [0.29, 0.717) is 19.3 Å². The van der Waals surface area contributed by atoms with E-state index < -0.39 is 66.2 Å². The number of carbonyl (C=O) groups excluding carboxylic acids is 4. The van der Waals surface area contributed by atoms with Crippen molar-refractivity contribution < 1.29 is 39.0 Å². The Morgan fingerprint density at radius 2 is 1.59 bits per heavy atom. The zero-order valence-electron chi connectivity index (χ0n) is 20.4. The number of primary amides is 1. The summed E-state index contributed by atoms with van der Waals surface area (Å²) in [6.45, 7) is 0.545. The Labute approximate surface area is 213 Å². The SMILES string of the molecule is NC(=O)CCC(NC(=O)C(CCC(=O)O)NC(=O)C1CCCN1C(=O)C(N)CCCN=C(N)N)C(=O)O. The molecule has 4 amide bonds. The van der Waals surface area contributed by atoms with Crippen molar-refractivity contribution in [3.8, 4) is 0 Å². The number of hydrogen-bond donors (Lipinski definition) is 8. The molecule has 16 nitrogen and oxygen atoms in total. The zero-order valence-corrected chi connectivity index (χ0v) is 20.4. The van der Waals surface area contributed by atoms with E-state index in [1.54, 1.807) is 0 Å². The predicted molar refractivity (Wildman–Crippen MR) is 129 cm³/mol. The summed E-state index contributed by atoms with van der Waals surface area (Å²) < 4.78 is 0. The molecule has 1 saturated heterocycles. The van der Waals surface area contributed by atoms with Crippen molar-refractivity contribution in [2.45, 2.75) is 75.5 Å². The summed E-state index contributed by atoms with van der Waals surface area (Å²) in [6, 6.07) is -4.73. The van der Waals surface area contributed by atoms with Crippen LogP contribution in [0.2, 0.25) is 0 Å². The molecule has 1 aliphatic heterocycles. The van der Waals surface area contributed by atoms with Gasteiger partial charge in [-0.05, 0) is 38.5 Å². The summed E-state index contributed by atoms with van der Waals surface area (Å²) in [6.07, 6.45) is 0.0776. The molecule has 1 fully saturated rings. The molecular weight excluding hydrogens is 492 g/mol. The van der Waals surface area contributed by atoms with Gasteiger partial charge in [0.2, 0.25) is 23.6 Å². The van der Waals surface area contributed by atoms with Crippen LogP contribution in [0, 0.1) is 0 Å². The number of carbonyl (C=O) groups is 6. The lowest BCUT2D eigenvalue weighted by molar-refractivity contribution is -0.144. The second kappa shape index (κ2) is 15.2. The highest BCUT2D eigenvalue weighted by molar-refractivity contribution is 5.94. The van der Waals surface area contributed by atoms with Gasteiger partial charge in [0.05, 0.1) is 6.04 Å². The normalized spacial score (nSPS) is 17.2. The van der Waals surface area contributed by atoms with Gasteiger partial charge in [0.25, 0.3) is 0 Å². The first kappa shape index (κ1) is 31.1. The Kier molecular flexibility index (Phi) is 12.8. The highest BCUT2D eigenvalue weighted by Crippen LogP contribution is 2.20. The molecule has 1 aliphatic rings. The summed E-state index contributed by atoms with van der Waals surface area (Å²) in [7, 11) is 0. The van der Waals surface area contributed by atoms with E-state index in [1.807, 2.05) is 0 Å². The van der Waals surface area contributed by atoms with Gasteiger partial charge in [-0.2, -0.15) is 0 Å². The van der Waals surface area contributed by atoms with Gasteiger partial charge in [-0.25, -0.2) is 4.79 Å². The largest absolute Gasteiger partial charge is 0.481 e. The number of carboxylic acid groups (broad SMARTS) is 2. The third-order valence-corrected chi connectivity index (χ3v) is 5.70. The Morgan fingerprint density at radius 1 is 0.946 bits per heavy atom. The average molecular weight is 529 g/mol. The van der Waals surface area contributed by atoms with Crippen molar-refractivity contribution in [1.82, 2.24) is 15.5 Å². The molecule has 0 saturated carbocycles. The minimum Gasteiger partial charge on any atom is -0.481 e. The first-order chi connectivity index (χ1) is 17.3. The molecule has 1 rings (SSSR count). The maximum atomic E-state index is 13.0. The van der Waals surface area contributed by atoms with E-state index in [4.69, 9.17) is 28.0 Å². The van der Waals surface area contributed by atoms with Crippen LogP contribution in [0.25, 0.3) is 0 Å². The van der Waals surface area contributed by atoms with Gasteiger partial charge in [0.1, 0.15) is 18.1 Å². The van der Waals surface area contributed by atoms with E-state index in [9.17, 15) is 33.9 Å². The molecular formula is C21H36N8O8. The Bertz CT molecular complexity index is 892. The number of amides is 4. The third kappa shape index (κ3) is 11.1. The smallest absolute Gasteiger partial charge is 0.326 e. The minimum absolute atomic E-state index is 0.0831. The van der Waals surface area contributed by atoms with Crippen LogP contribution in [0.4, 0.5) is 0 Å². The van der Waals surface area contributed by atoms with E-state index >= 15 is 0 Å². The number of nitrogens with zero attached hydrogens (tertiary/aromatic N) is 2. The summed E-state index contributed by atoms with van der Waals surface area (Å²) in [5.41, 5.74) is 21.5. The molecule has 4 unspecified atom stereocenters. The van der Waals surface area contributed by atoms with Crippen LogP contribution in [0.3, 0.4) is 0 Å². The van der Waals surface area contributed by atoms with Crippen molar-refractivity contribution in [1.29, 1.82) is 0 Å². The first-order valence-electron chi connectivity index (χ1n) is 11.8. The van der Waals surface area contributed by atoms with Crippen LogP contribution < -0.4 is 33.6 Å². The molecule has 0 aromatic rings. The van der Waals surface area contributed by atoms with E-state index in [2.05, 4.69) is 15.6 Å². The fourth-order valence-corrected chi connectivity index (χ4v) is 3.78. The van der Waals surface area contributed by atoms with E-state index in [0.717, 1.165) is 0 Å². The van der Waals surface area contributed by atoms with Crippen LogP contribution in [-0.4, -0.2) is 93.9 Å². The minimum atomic E-state index is -1.48. The van der Waals surface area contributed by atoms with Gasteiger partial charge in [-0.1, -0.05) is 0 Å². The highest BCUT2D eigenvalue weighted by atomic mass is 16.4. The van der Waals surface area contributed by atoms with Crippen LogP contribution in [-0.2, 0) is 28.8 Å². The Balaban J connectivity index is 2.88. The monoisotopic (exact) mass is 528 g/mol. The van der Waals surface area contributed by atoms with Gasteiger partial charge in [-0.3, -0.25) is 29.0 Å². The number of aliphatic carboxylic acids is 2. The molecule has 0 spiro atoms. The van der Waals surface area contributed by atoms with Gasteiger partial charge >= 0.3 is 11.9 Å². The Hall–Kier alpha value is -3.95. The maximum absolute atomic E-state index is 13.0. The van der Waals surface area contributed by atoms with E-state index in [-0.39, 0.29) is 44.7 Å². The topological polar surface area (TPSA) is 287 Å². The van der Waals surface area contributed by atoms with Crippen molar-refractivity contribution in [3.63, 3.8) is 0 Å². The summed E-state index contributed by atoms with van der Waals surface area (Å²) >= 11 is 0. The van der Waals surface area contributed by atoms with Crippen molar-refractivity contribution in [2.75, 3.05) is 13.1 Å². The number of aliphatic imine (C=N–C) groups is 1. The number of nitrogens with one attached hydrogen (secondary N) is 2. The molecule has 0 radical (unpaired) electrons. The average Bonchev–Trinajstić information content (AvgIpc) is 3.30. The lowest BCUT2D eigenvalue weighted by atomic mass is 10.1. The van der Waals surface area contributed by atoms with Gasteiger partial charge in [0, 0.05) is 25.9 Å². The fraction of sp³-hybridized carbons (Fsp3) is 0.667. The number of carboxylic acids is 2. The van der Waals surface area contributed by atoms with Crippen molar-refractivity contribution >= 4 is 41.5 Å². The lowest BCUT2D eigenvalue weighted by Crippen LogP contribution is -2.56. The van der Waals surface area contributed by atoms with Crippen LogP contribution in [0.15, 0.2) is 4.99 Å². The molecule has 37 heavy (non-hydrogen) atoms. The second-order valence-corrected chi connectivity index (χ2v) is 8.64. The predicted octanol–water partition coefficient (Wildman–Crippen LogP) is -3.46. The van der Waals surface area contributed by atoms with Crippen molar-refractivity contribution in [2.24, 2.45) is 27.9 Å². The standard InChI is InChI=1S/C21H36N8O8/c22-11(3-1-9-26-21(24)25)19(35)29-10-2-4-14(29)18(34)27-12(6-8-16(31)32)17(33)28-13(20(36)37)5-7-15(23)30/h11-14H,1-10,22H2,(H2,23,30)(H,27,34)(H,28,33)(H,31,32)(H,36,37)(H4,24,25,26). The lowest BCUT2D eigenvalue weighted by Gasteiger charge is -2.28. The highest BCUT2D eigenvalue weighted by Gasteiger charge is 2.38. The van der Waals surface area contributed by atoms with Crippen LogP contribution in [0.5, 0.6) is 0 Å². The summed E-state index contributed by atoms with van der Waals surface area (Å²) in [4.78, 5) is 77.2. The van der Waals surface area contributed by atoms with Gasteiger partial charge in [-0.15, -0.1) is 0 Å². The van der Waals surface area contributed by atoms with Gasteiger partial charge in [0.15, 0.2) is 5.96 Å². The van der Waals surface area contributed by atoms with Gasteiger partial charge < -0.3 is 48.7 Å². The maximum Gasteiger partial charge on any atom is 0.326 e. The number of hydrogen-bond acceptors (Lipinski definition) is 8. The second-order valence-electron chi connectivity index (χ2n) is 8.64. The molecule has 0 aromatic heterocycles. The molecule has 0 aliphatic carbocycles. The zero-order chi connectivity index (χ0) is 28.1. The fourth-order valence-electron chi connectivity index (χ4n) is 3.78. The summed E-state index contributed by atoms with van der Waals surface area (Å²) in [5.74, 6) is -5.63. The molecule has 4 atom stereocenters.